The number of Topliss-reactive ketones (excluding diaryl/α,β-unsaturated/α-hetero) is 1. The molecular formula is C22H32O4S. The third-order valence-corrected chi connectivity index (χ3v) is 9.73. The molecule has 4 aliphatic carbocycles. The van der Waals surface area contributed by atoms with E-state index in [0.29, 0.717) is 35.7 Å². The standard InChI is InChI=1S/C22H32O4S/c1-21-8-5-14(23)11-13(21)3-4-15-16(21)6-9-22(2)18(24)12-17(20(15)22)27-10-7-19(25)26/h3,14-17,20,23H,4-12H2,1-2H3,(H,25,26)/t14-,15?,16?,17?,20?,21-,22+/m0/s1. The molecule has 4 unspecified atom stereocenters. The SMILES string of the molecule is C[C@]12CC[C@H](O)CC1=CCC1C2CC[C@]2(C)C(=O)CC(SCCC(=O)O)C12. The van der Waals surface area contributed by atoms with Gasteiger partial charge in [-0.05, 0) is 61.7 Å². The second-order valence-electron chi connectivity index (χ2n) is 9.71. The Morgan fingerprint density at radius 2 is 1.96 bits per heavy atom. The van der Waals surface area contributed by atoms with Gasteiger partial charge in [0.15, 0.2) is 0 Å². The summed E-state index contributed by atoms with van der Waals surface area (Å²) in [6, 6.07) is 0. The van der Waals surface area contributed by atoms with Gasteiger partial charge in [-0.1, -0.05) is 25.5 Å². The van der Waals surface area contributed by atoms with Crippen molar-refractivity contribution >= 4 is 23.5 Å². The largest absolute Gasteiger partial charge is 0.481 e. The quantitative estimate of drug-likeness (QED) is 0.706. The Labute approximate surface area is 166 Å². The van der Waals surface area contributed by atoms with Gasteiger partial charge in [-0.2, -0.15) is 11.8 Å². The van der Waals surface area contributed by atoms with E-state index in [1.165, 1.54) is 5.57 Å². The van der Waals surface area contributed by atoms with Crippen LogP contribution < -0.4 is 0 Å². The molecule has 3 fully saturated rings. The molecule has 7 atom stereocenters. The third kappa shape index (κ3) is 3.09. The van der Waals surface area contributed by atoms with Crippen molar-refractivity contribution in [3.05, 3.63) is 11.6 Å². The number of aliphatic carboxylic acids is 1. The summed E-state index contributed by atoms with van der Waals surface area (Å²) in [5.74, 6) is 1.72. The predicted octanol–water partition coefficient (Wildman–Crippen LogP) is 4.07. The first-order valence-corrected chi connectivity index (χ1v) is 11.5. The molecule has 0 spiro atoms. The fraction of sp³-hybridized carbons (Fsp3) is 0.818. The molecule has 4 aliphatic rings. The topological polar surface area (TPSA) is 74.6 Å². The molecule has 27 heavy (non-hydrogen) atoms. The molecule has 0 aromatic heterocycles. The minimum Gasteiger partial charge on any atom is -0.481 e. The highest BCUT2D eigenvalue weighted by Gasteiger charge is 2.61. The van der Waals surface area contributed by atoms with Crippen LogP contribution in [0.3, 0.4) is 0 Å². The molecule has 0 radical (unpaired) electrons. The van der Waals surface area contributed by atoms with Gasteiger partial charge < -0.3 is 10.2 Å². The van der Waals surface area contributed by atoms with Crippen LogP contribution in [0.4, 0.5) is 0 Å². The highest BCUT2D eigenvalue weighted by molar-refractivity contribution is 8.00. The summed E-state index contributed by atoms with van der Waals surface area (Å²) in [6.07, 6.45) is 8.83. The number of rotatable bonds is 4. The van der Waals surface area contributed by atoms with E-state index in [1.54, 1.807) is 11.8 Å². The molecular weight excluding hydrogens is 360 g/mol. The minimum absolute atomic E-state index is 0.172. The van der Waals surface area contributed by atoms with E-state index < -0.39 is 5.97 Å². The summed E-state index contributed by atoms with van der Waals surface area (Å²) in [6.45, 7) is 4.58. The summed E-state index contributed by atoms with van der Waals surface area (Å²) in [5.41, 5.74) is 1.40. The van der Waals surface area contributed by atoms with Crippen molar-refractivity contribution in [1.82, 2.24) is 0 Å². The zero-order chi connectivity index (χ0) is 19.4. The molecule has 0 saturated heterocycles. The van der Waals surface area contributed by atoms with Crippen LogP contribution in [0.5, 0.6) is 0 Å². The number of carboxylic acid groups (broad SMARTS) is 1. The predicted molar refractivity (Wildman–Crippen MR) is 107 cm³/mol. The van der Waals surface area contributed by atoms with Crippen molar-refractivity contribution in [2.75, 3.05) is 5.75 Å². The molecule has 4 rings (SSSR count). The monoisotopic (exact) mass is 392 g/mol. The lowest BCUT2D eigenvalue weighted by atomic mass is 9.48. The molecule has 0 heterocycles. The molecule has 0 aliphatic heterocycles. The number of allylic oxidation sites excluding steroid dienone is 1. The zero-order valence-corrected chi connectivity index (χ0v) is 17.3. The summed E-state index contributed by atoms with van der Waals surface area (Å²) in [7, 11) is 0. The van der Waals surface area contributed by atoms with Gasteiger partial charge in [0.25, 0.3) is 0 Å². The van der Waals surface area contributed by atoms with Crippen LogP contribution >= 0.6 is 11.8 Å². The van der Waals surface area contributed by atoms with Gasteiger partial charge in [0.2, 0.25) is 0 Å². The highest BCUT2D eigenvalue weighted by atomic mass is 32.2. The lowest BCUT2D eigenvalue weighted by Crippen LogP contribution is -2.52. The number of ketones is 1. The first kappa shape index (κ1) is 19.5. The number of carbonyl (C=O) groups excluding carboxylic acids is 1. The Morgan fingerprint density at radius 1 is 1.22 bits per heavy atom. The number of carbonyl (C=O) groups is 2. The third-order valence-electron chi connectivity index (χ3n) is 8.40. The van der Waals surface area contributed by atoms with Crippen molar-refractivity contribution in [3.63, 3.8) is 0 Å². The zero-order valence-electron chi connectivity index (χ0n) is 16.4. The second kappa shape index (κ2) is 6.91. The fourth-order valence-corrected chi connectivity index (χ4v) is 8.48. The Balaban J connectivity index is 1.61. The number of thioether (sulfide) groups is 1. The van der Waals surface area contributed by atoms with E-state index in [-0.39, 0.29) is 28.6 Å². The number of hydrogen-bond acceptors (Lipinski definition) is 4. The van der Waals surface area contributed by atoms with E-state index in [0.717, 1.165) is 38.5 Å². The molecule has 4 nitrogen and oxygen atoms in total. The lowest BCUT2D eigenvalue weighted by Gasteiger charge is -2.57. The van der Waals surface area contributed by atoms with Crippen molar-refractivity contribution in [2.45, 2.75) is 76.6 Å². The van der Waals surface area contributed by atoms with Crippen molar-refractivity contribution in [3.8, 4) is 0 Å². The molecule has 5 heteroatoms. The maximum absolute atomic E-state index is 12.9. The smallest absolute Gasteiger partial charge is 0.304 e. The summed E-state index contributed by atoms with van der Waals surface area (Å²) in [5, 5.41) is 19.4. The highest BCUT2D eigenvalue weighted by Crippen LogP contribution is 2.65. The Morgan fingerprint density at radius 3 is 2.70 bits per heavy atom. The number of aliphatic hydroxyl groups excluding tert-OH is 1. The van der Waals surface area contributed by atoms with Gasteiger partial charge in [0.1, 0.15) is 5.78 Å². The van der Waals surface area contributed by atoms with Crippen LogP contribution in [0.1, 0.15) is 65.2 Å². The molecule has 0 aromatic rings. The van der Waals surface area contributed by atoms with E-state index in [2.05, 4.69) is 19.9 Å². The molecule has 3 saturated carbocycles. The van der Waals surface area contributed by atoms with Gasteiger partial charge >= 0.3 is 5.97 Å². The van der Waals surface area contributed by atoms with Gasteiger partial charge in [0, 0.05) is 22.8 Å². The van der Waals surface area contributed by atoms with Crippen molar-refractivity contribution in [2.24, 2.45) is 28.6 Å². The van der Waals surface area contributed by atoms with Crippen LogP contribution in [0.25, 0.3) is 0 Å². The molecule has 0 bridgehead atoms. The average molecular weight is 393 g/mol. The van der Waals surface area contributed by atoms with Crippen LogP contribution in [0, 0.1) is 28.6 Å². The van der Waals surface area contributed by atoms with Crippen molar-refractivity contribution < 1.29 is 19.8 Å². The van der Waals surface area contributed by atoms with E-state index in [1.807, 2.05) is 0 Å². The second-order valence-corrected chi connectivity index (χ2v) is 11.1. The molecule has 0 amide bonds. The van der Waals surface area contributed by atoms with Crippen LogP contribution in [-0.2, 0) is 9.59 Å². The van der Waals surface area contributed by atoms with Gasteiger partial charge in [0.05, 0.1) is 12.5 Å². The summed E-state index contributed by atoms with van der Waals surface area (Å²) >= 11 is 1.72. The number of aliphatic hydroxyl groups is 1. The van der Waals surface area contributed by atoms with Gasteiger partial charge in [-0.15, -0.1) is 0 Å². The van der Waals surface area contributed by atoms with Crippen LogP contribution in [-0.4, -0.2) is 39.1 Å². The van der Waals surface area contributed by atoms with E-state index in [4.69, 9.17) is 5.11 Å². The number of carboxylic acids is 1. The van der Waals surface area contributed by atoms with Gasteiger partial charge in [-0.25, -0.2) is 0 Å². The average Bonchev–Trinajstić information content (AvgIpc) is 2.86. The maximum Gasteiger partial charge on any atom is 0.304 e. The maximum atomic E-state index is 12.9. The lowest BCUT2D eigenvalue weighted by molar-refractivity contribution is -0.136. The number of fused-ring (bicyclic) bond motifs is 5. The molecule has 0 aromatic carbocycles. The summed E-state index contributed by atoms with van der Waals surface area (Å²) < 4.78 is 0. The van der Waals surface area contributed by atoms with Crippen LogP contribution in [0.2, 0.25) is 0 Å². The van der Waals surface area contributed by atoms with E-state index in [9.17, 15) is 14.7 Å². The number of hydrogen-bond donors (Lipinski definition) is 2. The summed E-state index contributed by atoms with van der Waals surface area (Å²) in [4.78, 5) is 23.9. The Hall–Kier alpha value is -0.810. The van der Waals surface area contributed by atoms with E-state index >= 15 is 0 Å². The minimum atomic E-state index is -0.755. The first-order chi connectivity index (χ1) is 12.8. The van der Waals surface area contributed by atoms with Gasteiger partial charge in [-0.3, -0.25) is 9.59 Å². The van der Waals surface area contributed by atoms with Crippen molar-refractivity contribution in [1.29, 1.82) is 0 Å². The Bertz CT molecular complexity index is 673. The van der Waals surface area contributed by atoms with Crippen LogP contribution in [0.15, 0.2) is 11.6 Å². The molecule has 2 N–H and O–H groups in total. The Kier molecular flexibility index (Phi) is 4.99. The normalized spacial score (nSPS) is 46.3. The fourth-order valence-electron chi connectivity index (χ4n) is 6.91. The first-order valence-electron chi connectivity index (χ1n) is 10.5. The molecule has 150 valence electrons.